The van der Waals surface area contributed by atoms with E-state index in [4.69, 9.17) is 31.8 Å². The number of ether oxygens (including phenoxy) is 2. The summed E-state index contributed by atoms with van der Waals surface area (Å²) in [5, 5.41) is 3.50. The van der Waals surface area contributed by atoms with Crippen LogP contribution in [0.1, 0.15) is 28.9 Å². The Labute approximate surface area is 272 Å². The number of hydrogen-bond donors (Lipinski definition) is 2. The minimum absolute atomic E-state index is 0.111. The van der Waals surface area contributed by atoms with Gasteiger partial charge >= 0.3 is 0 Å². The number of nitrogens with one attached hydrogen (secondary N) is 1. The van der Waals surface area contributed by atoms with E-state index in [0.29, 0.717) is 66.3 Å². The van der Waals surface area contributed by atoms with Crippen molar-refractivity contribution in [1.29, 1.82) is 0 Å². The van der Waals surface area contributed by atoms with Crippen molar-refractivity contribution in [3.63, 3.8) is 0 Å². The van der Waals surface area contributed by atoms with Crippen LogP contribution in [-0.2, 0) is 11.8 Å². The average Bonchev–Trinajstić information content (AvgIpc) is 3.29. The topological polar surface area (TPSA) is 133 Å². The molecule has 1 amide bonds. The summed E-state index contributed by atoms with van der Waals surface area (Å²) in [5.74, 6) is 1.34. The summed E-state index contributed by atoms with van der Waals surface area (Å²) in [6, 6.07) is 14.8. The summed E-state index contributed by atoms with van der Waals surface area (Å²) in [6.07, 6.45) is 3.00. The number of piperidine rings is 1. The molecule has 0 saturated carbocycles. The van der Waals surface area contributed by atoms with Crippen LogP contribution >= 0.6 is 11.6 Å². The monoisotopic (exact) mass is 646 g/mol. The van der Waals surface area contributed by atoms with Crippen LogP contribution in [0.25, 0.3) is 16.9 Å². The predicted molar refractivity (Wildman–Crippen MR) is 178 cm³/mol. The van der Waals surface area contributed by atoms with Gasteiger partial charge in [-0.1, -0.05) is 35.9 Å². The molecule has 0 atom stereocenters. The first-order chi connectivity index (χ1) is 22.3. The van der Waals surface area contributed by atoms with Crippen molar-refractivity contribution in [2.45, 2.75) is 25.8 Å². The van der Waals surface area contributed by atoms with E-state index in [1.807, 2.05) is 24.3 Å². The number of nitrogens with zero attached hydrogens (tertiary/aromatic N) is 6. The molecule has 0 bridgehead atoms. The summed E-state index contributed by atoms with van der Waals surface area (Å²) in [6.45, 7) is 7.82. The van der Waals surface area contributed by atoms with Gasteiger partial charge in [-0.15, -0.1) is 0 Å². The maximum atomic E-state index is 13.4. The van der Waals surface area contributed by atoms with E-state index in [1.54, 1.807) is 49.1 Å². The molecule has 2 aliphatic rings. The highest BCUT2D eigenvalue weighted by molar-refractivity contribution is 6.32. The second kappa shape index (κ2) is 13.9. The third-order valence-corrected chi connectivity index (χ3v) is 9.00. The van der Waals surface area contributed by atoms with Crippen LogP contribution in [0, 0.1) is 6.92 Å². The fourth-order valence-electron chi connectivity index (χ4n) is 5.98. The number of carbonyl (C=O) groups is 1. The molecule has 13 heteroatoms. The number of halogens is 1. The zero-order chi connectivity index (χ0) is 32.2. The summed E-state index contributed by atoms with van der Waals surface area (Å²) >= 11 is 6.36. The first-order valence-electron chi connectivity index (χ1n) is 15.6. The predicted octanol–water partition coefficient (Wildman–Crippen LogP) is 3.29. The van der Waals surface area contributed by atoms with Gasteiger partial charge < -0.3 is 25.4 Å². The highest BCUT2D eigenvalue weighted by Gasteiger charge is 2.28. The molecule has 2 aromatic heterocycles. The first-order valence-corrected chi connectivity index (χ1v) is 15.9. The normalized spacial score (nSPS) is 16.0. The zero-order valence-electron chi connectivity index (χ0n) is 26.1. The first kappa shape index (κ1) is 31.6. The van der Waals surface area contributed by atoms with Crippen LogP contribution in [0.15, 0.2) is 59.5 Å². The lowest BCUT2D eigenvalue weighted by Gasteiger charge is -2.33. The van der Waals surface area contributed by atoms with Crippen LogP contribution in [0.2, 0.25) is 5.02 Å². The third kappa shape index (κ3) is 6.74. The van der Waals surface area contributed by atoms with Gasteiger partial charge in [0.15, 0.2) is 11.6 Å². The molecule has 6 rings (SSSR count). The van der Waals surface area contributed by atoms with Gasteiger partial charge in [0.2, 0.25) is 0 Å². The van der Waals surface area contributed by atoms with E-state index < -0.39 is 11.5 Å². The van der Waals surface area contributed by atoms with E-state index in [9.17, 15) is 9.59 Å². The molecular formula is C33H39ClN8O4. The Morgan fingerprint density at radius 1 is 1.11 bits per heavy atom. The molecule has 242 valence electrons. The van der Waals surface area contributed by atoms with Crippen LogP contribution < -0.4 is 26.2 Å². The second-order valence-electron chi connectivity index (χ2n) is 11.6. The van der Waals surface area contributed by atoms with Crippen LogP contribution in [0.5, 0.6) is 5.75 Å². The van der Waals surface area contributed by atoms with Gasteiger partial charge in [-0.25, -0.2) is 14.6 Å². The summed E-state index contributed by atoms with van der Waals surface area (Å²) in [7, 11) is 1.74. The molecule has 2 fully saturated rings. The molecule has 46 heavy (non-hydrogen) atoms. The van der Waals surface area contributed by atoms with E-state index in [-0.39, 0.29) is 11.6 Å². The molecule has 3 N–H and O–H groups in total. The third-order valence-electron chi connectivity index (χ3n) is 8.68. The van der Waals surface area contributed by atoms with Gasteiger partial charge in [-0.3, -0.25) is 19.2 Å². The highest BCUT2D eigenvalue weighted by atomic mass is 35.5. The second-order valence-corrected chi connectivity index (χ2v) is 12.0. The minimum Gasteiger partial charge on any atom is -0.492 e. The molecular weight excluding hydrogens is 608 g/mol. The number of anilines is 2. The number of nitrogens with two attached hydrogens (primary N) is 1. The molecule has 0 spiro atoms. The van der Waals surface area contributed by atoms with Crippen molar-refractivity contribution in [2.75, 3.05) is 63.2 Å². The molecule has 2 aliphatic heterocycles. The van der Waals surface area contributed by atoms with Crippen LogP contribution in [0.3, 0.4) is 0 Å². The fraction of sp³-hybridized carbons (Fsp3) is 0.394. The Balaban J connectivity index is 1.09. The van der Waals surface area contributed by atoms with Crippen molar-refractivity contribution in [2.24, 2.45) is 7.05 Å². The number of carbonyl (C=O) groups excluding carboxylic acids is 1. The molecule has 2 aromatic carbocycles. The van der Waals surface area contributed by atoms with Crippen molar-refractivity contribution < 1.29 is 14.3 Å². The molecule has 0 unspecified atom stereocenters. The Morgan fingerprint density at radius 2 is 1.87 bits per heavy atom. The van der Waals surface area contributed by atoms with Crippen LogP contribution in [0.4, 0.5) is 11.6 Å². The Bertz CT molecular complexity index is 1760. The molecule has 0 radical (unpaired) electrons. The largest absolute Gasteiger partial charge is 0.492 e. The summed E-state index contributed by atoms with van der Waals surface area (Å²) in [4.78, 5) is 40.5. The van der Waals surface area contributed by atoms with Gasteiger partial charge in [0, 0.05) is 51.4 Å². The number of hydrogen-bond acceptors (Lipinski definition) is 9. The Hall–Kier alpha value is -4.39. The quantitative estimate of drug-likeness (QED) is 0.281. The number of aromatic nitrogens is 4. The molecule has 12 nitrogen and oxygen atoms in total. The van der Waals surface area contributed by atoms with Crippen molar-refractivity contribution in [3.05, 3.63) is 81.4 Å². The van der Waals surface area contributed by atoms with Gasteiger partial charge in [0.05, 0.1) is 41.5 Å². The lowest BCUT2D eigenvalue weighted by atomic mass is 10.0. The molecule has 4 aromatic rings. The summed E-state index contributed by atoms with van der Waals surface area (Å²) < 4.78 is 14.5. The number of amides is 1. The van der Waals surface area contributed by atoms with E-state index in [1.165, 1.54) is 4.68 Å². The number of benzene rings is 2. The zero-order valence-corrected chi connectivity index (χ0v) is 26.9. The number of nitrogen functional groups attached to an aromatic ring is 1. The van der Waals surface area contributed by atoms with E-state index >= 15 is 0 Å². The van der Waals surface area contributed by atoms with Gasteiger partial charge in [0.1, 0.15) is 17.9 Å². The maximum Gasteiger partial charge on any atom is 0.284 e. The van der Waals surface area contributed by atoms with Gasteiger partial charge in [0.25, 0.3) is 11.5 Å². The smallest absolute Gasteiger partial charge is 0.284 e. The highest BCUT2D eigenvalue weighted by Crippen LogP contribution is 2.28. The molecule has 4 heterocycles. The minimum atomic E-state index is -0.408. The molecule has 0 aliphatic carbocycles. The van der Waals surface area contributed by atoms with E-state index in [2.05, 4.69) is 20.1 Å². The average molecular weight is 647 g/mol. The van der Waals surface area contributed by atoms with Crippen molar-refractivity contribution >= 4 is 29.1 Å². The fourth-order valence-corrected chi connectivity index (χ4v) is 6.20. The summed E-state index contributed by atoms with van der Waals surface area (Å²) in [5.41, 5.74) is 8.67. The Kier molecular flexibility index (Phi) is 9.57. The maximum absolute atomic E-state index is 13.4. The number of para-hydroxylation sites is 1. The molecule has 2 saturated heterocycles. The Morgan fingerprint density at radius 3 is 2.63 bits per heavy atom. The number of morpholine rings is 1. The lowest BCUT2D eigenvalue weighted by molar-refractivity contribution is 0.0322. The van der Waals surface area contributed by atoms with Crippen molar-refractivity contribution in [1.82, 2.24) is 29.5 Å². The van der Waals surface area contributed by atoms with Gasteiger partial charge in [-0.05, 0) is 44.0 Å². The SMILES string of the molecule is Cc1c(C(=O)NC2CCN(c3nc(-c4cccc(OCCN5CCOCC5)c4)cnc3N)CC2)c(=O)n(-c2ccccc2Cl)n1C. The number of rotatable bonds is 9. The lowest BCUT2D eigenvalue weighted by Crippen LogP contribution is -2.46. The standard InChI is InChI=1S/C33H39ClN8O4/c1-22-29(33(44)42(39(22)2)28-9-4-3-8-26(28)34)32(43)37-24-10-12-41(13-11-24)31-30(35)36-21-27(38-31)23-6-5-7-25(20-23)46-19-16-40-14-17-45-18-15-40/h3-9,20-21,24H,10-19H2,1-2H3,(H2,35,36)(H,37,43). The van der Waals surface area contributed by atoms with Crippen LogP contribution in [-0.4, -0.2) is 88.7 Å². The van der Waals surface area contributed by atoms with Gasteiger partial charge in [-0.2, -0.15) is 0 Å². The van der Waals surface area contributed by atoms with Crippen molar-refractivity contribution in [3.8, 4) is 22.7 Å². The van der Waals surface area contributed by atoms with E-state index in [0.717, 1.165) is 44.2 Å².